The van der Waals surface area contributed by atoms with Crippen LogP contribution in [0.25, 0.3) is 0 Å². The Morgan fingerprint density at radius 2 is 1.90 bits per heavy atom. The Bertz CT molecular complexity index is 592. The van der Waals surface area contributed by atoms with Crippen LogP contribution in [-0.2, 0) is 17.8 Å². The maximum Gasteiger partial charge on any atom is 0.308 e. The summed E-state index contributed by atoms with van der Waals surface area (Å²) >= 11 is 1.54. The first kappa shape index (κ1) is 15.5. The van der Waals surface area contributed by atoms with E-state index in [0.29, 0.717) is 0 Å². The van der Waals surface area contributed by atoms with Crippen molar-refractivity contribution >= 4 is 17.3 Å². The van der Waals surface area contributed by atoms with Crippen molar-refractivity contribution in [3.05, 3.63) is 51.7 Å². The Morgan fingerprint density at radius 3 is 2.52 bits per heavy atom. The second-order valence-corrected chi connectivity index (χ2v) is 6.07. The Morgan fingerprint density at radius 1 is 1.24 bits per heavy atom. The molecule has 0 aliphatic rings. The van der Waals surface area contributed by atoms with Gasteiger partial charge in [-0.3, -0.25) is 4.79 Å². The highest BCUT2D eigenvalue weighted by Crippen LogP contribution is 2.20. The lowest BCUT2D eigenvalue weighted by Crippen LogP contribution is -2.17. The van der Waals surface area contributed by atoms with Gasteiger partial charge in [-0.1, -0.05) is 12.1 Å². The summed E-state index contributed by atoms with van der Waals surface area (Å²) < 4.78 is 5.15. The molecule has 0 radical (unpaired) electrons. The molecule has 1 atom stereocenters. The third-order valence-corrected chi connectivity index (χ3v) is 4.33. The topological polar surface area (TPSA) is 58.6 Å². The lowest BCUT2D eigenvalue weighted by atomic mass is 10.1. The van der Waals surface area contributed by atoms with Gasteiger partial charge in [0.25, 0.3) is 0 Å². The highest BCUT2D eigenvalue weighted by Gasteiger charge is 2.08. The molecule has 5 heteroatoms. The van der Waals surface area contributed by atoms with Crippen LogP contribution < -0.4 is 10.1 Å². The van der Waals surface area contributed by atoms with Gasteiger partial charge in [-0.2, -0.15) is 0 Å². The fraction of sp³-hybridized carbons (Fsp3) is 0.312. The summed E-state index contributed by atoms with van der Waals surface area (Å²) in [5.74, 6) is 0.0606. The van der Waals surface area contributed by atoms with E-state index in [1.54, 1.807) is 18.4 Å². The lowest BCUT2D eigenvalue weighted by molar-refractivity contribution is -0.136. The zero-order valence-electron chi connectivity index (χ0n) is 12.1. The normalized spacial score (nSPS) is 12.1. The zero-order valence-corrected chi connectivity index (χ0v) is 12.9. The van der Waals surface area contributed by atoms with E-state index in [-0.39, 0.29) is 12.5 Å². The van der Waals surface area contributed by atoms with Gasteiger partial charge >= 0.3 is 5.97 Å². The van der Waals surface area contributed by atoms with Gasteiger partial charge < -0.3 is 15.2 Å². The van der Waals surface area contributed by atoms with E-state index in [4.69, 9.17) is 9.84 Å². The Kier molecular flexibility index (Phi) is 5.36. The van der Waals surface area contributed by atoms with Crippen LogP contribution in [0.1, 0.15) is 28.3 Å². The van der Waals surface area contributed by atoms with Crippen molar-refractivity contribution in [1.82, 2.24) is 5.32 Å². The van der Waals surface area contributed by atoms with Crippen molar-refractivity contribution in [2.45, 2.75) is 25.9 Å². The van der Waals surface area contributed by atoms with Gasteiger partial charge in [0.1, 0.15) is 5.75 Å². The van der Waals surface area contributed by atoms with Crippen molar-refractivity contribution in [2.75, 3.05) is 7.11 Å². The number of methoxy groups -OCH3 is 1. The molecule has 0 bridgehead atoms. The average Bonchev–Trinajstić information content (AvgIpc) is 2.91. The van der Waals surface area contributed by atoms with Crippen LogP contribution in [0.15, 0.2) is 36.4 Å². The van der Waals surface area contributed by atoms with Gasteiger partial charge in [0.2, 0.25) is 0 Å². The SMILES string of the molecule is COc1ccc([C@@H](C)NCc2ccc(CC(=O)O)s2)cc1. The van der Waals surface area contributed by atoms with E-state index in [0.717, 1.165) is 22.0 Å². The van der Waals surface area contributed by atoms with Crippen molar-refractivity contribution in [1.29, 1.82) is 0 Å². The summed E-state index contributed by atoms with van der Waals surface area (Å²) in [5, 5.41) is 12.2. The van der Waals surface area contributed by atoms with E-state index >= 15 is 0 Å². The molecule has 0 unspecified atom stereocenters. The standard InChI is InChI=1S/C16H19NO3S/c1-11(12-3-5-13(20-2)6-4-12)17-10-15-8-7-14(21-15)9-16(18)19/h3-8,11,17H,9-10H2,1-2H3,(H,18,19)/t11-/m1/s1. The van der Waals surface area contributed by atoms with Crippen LogP contribution >= 0.6 is 11.3 Å². The molecule has 1 aromatic heterocycles. The first-order valence-corrected chi connectivity index (χ1v) is 7.57. The molecule has 0 saturated carbocycles. The highest BCUT2D eigenvalue weighted by molar-refractivity contribution is 7.12. The van der Waals surface area contributed by atoms with Crippen LogP contribution in [0.5, 0.6) is 5.75 Å². The summed E-state index contributed by atoms with van der Waals surface area (Å²) in [7, 11) is 1.65. The van der Waals surface area contributed by atoms with E-state index in [9.17, 15) is 4.79 Å². The van der Waals surface area contributed by atoms with Gasteiger partial charge in [0.05, 0.1) is 13.5 Å². The molecule has 2 rings (SSSR count). The first-order chi connectivity index (χ1) is 10.1. The van der Waals surface area contributed by atoms with Crippen molar-refractivity contribution in [3.63, 3.8) is 0 Å². The molecule has 0 saturated heterocycles. The Hall–Kier alpha value is -1.85. The van der Waals surface area contributed by atoms with Gasteiger partial charge in [-0.05, 0) is 36.8 Å². The minimum absolute atomic E-state index is 0.0959. The number of carboxylic acids is 1. The van der Waals surface area contributed by atoms with Crippen LogP contribution in [0.3, 0.4) is 0 Å². The predicted octanol–water partition coefficient (Wildman–Crippen LogP) is 3.23. The number of aliphatic carboxylic acids is 1. The number of nitrogens with one attached hydrogen (secondary N) is 1. The quantitative estimate of drug-likeness (QED) is 0.824. The molecule has 1 aromatic carbocycles. The average molecular weight is 305 g/mol. The summed E-state index contributed by atoms with van der Waals surface area (Å²) in [6.45, 7) is 2.84. The van der Waals surface area contributed by atoms with Crippen LogP contribution in [0.4, 0.5) is 0 Å². The third-order valence-electron chi connectivity index (χ3n) is 3.24. The van der Waals surface area contributed by atoms with Gasteiger partial charge in [-0.15, -0.1) is 11.3 Å². The monoisotopic (exact) mass is 305 g/mol. The number of carboxylic acid groups (broad SMARTS) is 1. The molecule has 0 amide bonds. The molecule has 112 valence electrons. The van der Waals surface area contributed by atoms with Gasteiger partial charge in [0.15, 0.2) is 0 Å². The largest absolute Gasteiger partial charge is 0.497 e. The number of hydrogen-bond acceptors (Lipinski definition) is 4. The van der Waals surface area contributed by atoms with Gasteiger partial charge in [0, 0.05) is 22.3 Å². The summed E-state index contributed by atoms with van der Waals surface area (Å²) in [4.78, 5) is 12.7. The van der Waals surface area contributed by atoms with E-state index in [1.807, 2.05) is 36.4 Å². The van der Waals surface area contributed by atoms with E-state index in [1.165, 1.54) is 5.56 Å². The summed E-state index contributed by atoms with van der Waals surface area (Å²) in [6.07, 6.45) is 0.0959. The minimum atomic E-state index is -0.789. The maximum absolute atomic E-state index is 10.7. The maximum atomic E-state index is 10.7. The molecule has 0 fully saturated rings. The van der Waals surface area contributed by atoms with Gasteiger partial charge in [-0.25, -0.2) is 0 Å². The van der Waals surface area contributed by atoms with E-state index in [2.05, 4.69) is 12.2 Å². The van der Waals surface area contributed by atoms with Crippen LogP contribution in [0, 0.1) is 0 Å². The van der Waals surface area contributed by atoms with Crippen molar-refractivity contribution < 1.29 is 14.6 Å². The third kappa shape index (κ3) is 4.58. The number of hydrogen-bond donors (Lipinski definition) is 2. The Balaban J connectivity index is 1.89. The van der Waals surface area contributed by atoms with Crippen LogP contribution in [0.2, 0.25) is 0 Å². The second-order valence-electron chi connectivity index (χ2n) is 4.81. The highest BCUT2D eigenvalue weighted by atomic mass is 32.1. The molecule has 4 nitrogen and oxygen atoms in total. The molecule has 2 N–H and O–H groups in total. The zero-order chi connectivity index (χ0) is 15.2. The summed E-state index contributed by atoms with van der Waals surface area (Å²) in [6, 6.07) is 12.1. The Labute approximate surface area is 128 Å². The fourth-order valence-corrected chi connectivity index (χ4v) is 2.99. The fourth-order valence-electron chi connectivity index (χ4n) is 2.03. The van der Waals surface area contributed by atoms with E-state index < -0.39 is 5.97 Å². The molecular weight excluding hydrogens is 286 g/mol. The molecule has 0 aliphatic carbocycles. The molecule has 1 heterocycles. The molecule has 0 spiro atoms. The molecule has 21 heavy (non-hydrogen) atoms. The lowest BCUT2D eigenvalue weighted by Gasteiger charge is -2.14. The smallest absolute Gasteiger partial charge is 0.308 e. The van der Waals surface area contributed by atoms with Crippen molar-refractivity contribution in [2.24, 2.45) is 0 Å². The van der Waals surface area contributed by atoms with Crippen LogP contribution in [-0.4, -0.2) is 18.2 Å². The minimum Gasteiger partial charge on any atom is -0.497 e. The van der Waals surface area contributed by atoms with Crippen molar-refractivity contribution in [3.8, 4) is 5.75 Å². The molecule has 2 aromatic rings. The number of thiophene rings is 1. The summed E-state index contributed by atoms with van der Waals surface area (Å²) in [5.41, 5.74) is 1.19. The number of carbonyl (C=O) groups is 1. The molecule has 0 aliphatic heterocycles. The molecular formula is C16H19NO3S. The second kappa shape index (κ2) is 7.24. The first-order valence-electron chi connectivity index (χ1n) is 6.75. The number of benzene rings is 1. The predicted molar refractivity (Wildman–Crippen MR) is 83.9 cm³/mol. The number of rotatable bonds is 7. The number of ether oxygens (including phenoxy) is 1.